The molecule has 3 amide bonds. The van der Waals surface area contributed by atoms with E-state index in [1.54, 1.807) is 37.4 Å². The summed E-state index contributed by atoms with van der Waals surface area (Å²) in [7, 11) is 2.88. The molecule has 0 fully saturated rings. The van der Waals surface area contributed by atoms with Crippen molar-refractivity contribution in [2.45, 2.75) is 6.92 Å². The molecule has 7 heteroatoms. The minimum atomic E-state index is -0.495. The van der Waals surface area contributed by atoms with Gasteiger partial charge in [0.05, 0.1) is 7.11 Å². The van der Waals surface area contributed by atoms with Crippen molar-refractivity contribution in [2.75, 3.05) is 24.4 Å². The molecule has 0 aliphatic heterocycles. The van der Waals surface area contributed by atoms with E-state index in [2.05, 4.69) is 15.4 Å². The molecule has 27 heavy (non-hydrogen) atoms. The van der Waals surface area contributed by atoms with Crippen molar-refractivity contribution >= 4 is 35.4 Å². The lowest BCUT2D eigenvalue weighted by molar-refractivity contribution is -0.120. The minimum absolute atomic E-state index is 0.129. The smallest absolute Gasteiger partial charge is 0.413 e. The van der Waals surface area contributed by atoms with Crippen LogP contribution in [0.2, 0.25) is 0 Å². The second kappa shape index (κ2) is 9.19. The standard InChI is InChI=1S/C20H21N3O4/c1-14(24)21-18(13-15-7-5-4-6-8-15)19(25)22-16-9-11-17(12-10-16)23(2)20(26)27-3/h4-13H,1-3H3,(H,21,24)(H,22,25)/b18-13-. The summed E-state index contributed by atoms with van der Waals surface area (Å²) in [6, 6.07) is 15.8. The topological polar surface area (TPSA) is 87.7 Å². The fourth-order valence-corrected chi connectivity index (χ4v) is 2.27. The molecule has 0 heterocycles. The molecular formula is C20H21N3O4. The van der Waals surface area contributed by atoms with E-state index in [9.17, 15) is 14.4 Å². The van der Waals surface area contributed by atoms with Crippen LogP contribution in [0, 0.1) is 0 Å². The maximum absolute atomic E-state index is 12.5. The highest BCUT2D eigenvalue weighted by Crippen LogP contribution is 2.18. The largest absolute Gasteiger partial charge is 0.452 e. The van der Waals surface area contributed by atoms with Crippen molar-refractivity contribution in [3.8, 4) is 0 Å². The number of ether oxygens (including phenoxy) is 1. The molecule has 0 aliphatic rings. The Morgan fingerprint density at radius 1 is 1.00 bits per heavy atom. The summed E-state index contributed by atoms with van der Waals surface area (Å²) >= 11 is 0. The normalized spacial score (nSPS) is 10.7. The van der Waals surface area contributed by atoms with Crippen LogP contribution in [0.1, 0.15) is 12.5 Å². The zero-order valence-corrected chi connectivity index (χ0v) is 15.4. The maximum Gasteiger partial charge on any atom is 0.413 e. The number of amides is 3. The van der Waals surface area contributed by atoms with E-state index in [0.29, 0.717) is 11.4 Å². The van der Waals surface area contributed by atoms with E-state index in [0.717, 1.165) is 5.56 Å². The summed E-state index contributed by atoms with van der Waals surface area (Å²) in [5.74, 6) is -0.800. The van der Waals surface area contributed by atoms with E-state index < -0.39 is 12.0 Å². The molecule has 0 spiro atoms. The summed E-state index contributed by atoms with van der Waals surface area (Å²) in [6.07, 6.45) is 1.10. The number of rotatable bonds is 5. The predicted molar refractivity (Wildman–Crippen MR) is 104 cm³/mol. The molecule has 140 valence electrons. The second-order valence-corrected chi connectivity index (χ2v) is 5.68. The number of carbonyl (C=O) groups is 3. The van der Waals surface area contributed by atoms with Gasteiger partial charge in [0.1, 0.15) is 5.70 Å². The third-order valence-corrected chi connectivity index (χ3v) is 3.63. The van der Waals surface area contributed by atoms with Gasteiger partial charge >= 0.3 is 6.09 Å². The third kappa shape index (κ3) is 5.71. The Balaban J connectivity index is 2.16. The number of nitrogens with zero attached hydrogens (tertiary/aromatic N) is 1. The third-order valence-electron chi connectivity index (χ3n) is 3.63. The number of benzene rings is 2. The summed E-state index contributed by atoms with van der Waals surface area (Å²) < 4.78 is 4.66. The Labute approximate surface area is 157 Å². The van der Waals surface area contributed by atoms with Crippen molar-refractivity contribution in [3.63, 3.8) is 0 Å². The molecule has 0 aromatic heterocycles. The first-order chi connectivity index (χ1) is 12.9. The fourth-order valence-electron chi connectivity index (χ4n) is 2.27. The van der Waals surface area contributed by atoms with Gasteiger partial charge in [0.2, 0.25) is 5.91 Å². The van der Waals surface area contributed by atoms with Gasteiger partial charge in [0, 0.05) is 25.3 Å². The lowest BCUT2D eigenvalue weighted by atomic mass is 10.2. The molecule has 2 N–H and O–H groups in total. The van der Waals surface area contributed by atoms with Gasteiger partial charge < -0.3 is 15.4 Å². The summed E-state index contributed by atoms with van der Waals surface area (Å²) in [5, 5.41) is 5.26. The number of anilines is 2. The number of carbonyl (C=O) groups excluding carboxylic acids is 3. The Hall–Kier alpha value is -3.61. The lowest BCUT2D eigenvalue weighted by Crippen LogP contribution is -2.29. The molecule has 0 saturated carbocycles. The molecule has 0 saturated heterocycles. The minimum Gasteiger partial charge on any atom is -0.452 e. The quantitative estimate of drug-likeness (QED) is 0.795. The Kier molecular flexibility index (Phi) is 6.71. The van der Waals surface area contributed by atoms with Crippen LogP contribution < -0.4 is 15.5 Å². The highest BCUT2D eigenvalue weighted by atomic mass is 16.5. The van der Waals surface area contributed by atoms with Gasteiger partial charge in [-0.3, -0.25) is 14.5 Å². The zero-order chi connectivity index (χ0) is 19.8. The summed E-state index contributed by atoms with van der Waals surface area (Å²) in [6.45, 7) is 1.34. The average Bonchev–Trinajstić information content (AvgIpc) is 2.67. The van der Waals surface area contributed by atoms with E-state index in [-0.39, 0.29) is 11.6 Å². The zero-order valence-electron chi connectivity index (χ0n) is 15.4. The molecule has 2 rings (SSSR count). The van der Waals surface area contributed by atoms with Gasteiger partial charge in [-0.15, -0.1) is 0 Å². The van der Waals surface area contributed by atoms with Crippen molar-refractivity contribution in [2.24, 2.45) is 0 Å². The van der Waals surface area contributed by atoms with Gasteiger partial charge in [-0.25, -0.2) is 4.79 Å². The van der Waals surface area contributed by atoms with Crippen LogP contribution in [-0.2, 0) is 14.3 Å². The molecule has 0 unspecified atom stereocenters. The Morgan fingerprint density at radius 3 is 2.19 bits per heavy atom. The Bertz CT molecular complexity index is 845. The van der Waals surface area contributed by atoms with E-state index in [1.807, 2.05) is 30.3 Å². The molecule has 0 aliphatic carbocycles. The van der Waals surface area contributed by atoms with Gasteiger partial charge in [-0.05, 0) is 35.9 Å². The van der Waals surface area contributed by atoms with Crippen LogP contribution in [0.25, 0.3) is 6.08 Å². The summed E-state index contributed by atoms with van der Waals surface area (Å²) in [5.41, 5.74) is 2.05. The van der Waals surface area contributed by atoms with Gasteiger partial charge in [0.25, 0.3) is 5.91 Å². The van der Waals surface area contributed by atoms with E-state index in [4.69, 9.17) is 0 Å². The first kappa shape index (κ1) is 19.7. The van der Waals surface area contributed by atoms with Crippen LogP contribution >= 0.6 is 0 Å². The first-order valence-corrected chi connectivity index (χ1v) is 8.18. The highest BCUT2D eigenvalue weighted by molar-refractivity contribution is 6.08. The van der Waals surface area contributed by atoms with E-state index >= 15 is 0 Å². The van der Waals surface area contributed by atoms with Crippen molar-refractivity contribution in [1.82, 2.24) is 5.32 Å². The predicted octanol–water partition coefficient (Wildman–Crippen LogP) is 3.00. The van der Waals surface area contributed by atoms with Gasteiger partial charge in [0.15, 0.2) is 0 Å². The van der Waals surface area contributed by atoms with E-state index in [1.165, 1.54) is 18.9 Å². The Morgan fingerprint density at radius 2 is 1.63 bits per heavy atom. The van der Waals surface area contributed by atoms with Crippen molar-refractivity contribution in [3.05, 3.63) is 65.9 Å². The van der Waals surface area contributed by atoms with Gasteiger partial charge in [-0.1, -0.05) is 30.3 Å². The van der Waals surface area contributed by atoms with Crippen molar-refractivity contribution in [1.29, 1.82) is 0 Å². The monoisotopic (exact) mass is 367 g/mol. The fraction of sp³-hybridized carbons (Fsp3) is 0.150. The molecule has 2 aromatic carbocycles. The number of methoxy groups -OCH3 is 1. The molecule has 0 atom stereocenters. The van der Waals surface area contributed by atoms with Crippen LogP contribution in [0.4, 0.5) is 16.2 Å². The lowest BCUT2D eigenvalue weighted by Gasteiger charge is -2.16. The van der Waals surface area contributed by atoms with Gasteiger partial charge in [-0.2, -0.15) is 0 Å². The SMILES string of the molecule is COC(=O)N(C)c1ccc(NC(=O)/C(=C/c2ccccc2)NC(C)=O)cc1. The van der Waals surface area contributed by atoms with Crippen LogP contribution in [0.5, 0.6) is 0 Å². The van der Waals surface area contributed by atoms with Crippen LogP contribution in [-0.4, -0.2) is 32.1 Å². The summed E-state index contributed by atoms with van der Waals surface area (Å²) in [4.78, 5) is 36.8. The van der Waals surface area contributed by atoms with Crippen molar-refractivity contribution < 1.29 is 19.1 Å². The number of hydrogen-bond donors (Lipinski definition) is 2. The molecule has 7 nitrogen and oxygen atoms in total. The van der Waals surface area contributed by atoms with Crippen LogP contribution in [0.15, 0.2) is 60.3 Å². The van der Waals surface area contributed by atoms with Crippen LogP contribution in [0.3, 0.4) is 0 Å². The second-order valence-electron chi connectivity index (χ2n) is 5.68. The average molecular weight is 367 g/mol. The number of hydrogen-bond acceptors (Lipinski definition) is 4. The molecule has 0 radical (unpaired) electrons. The molecule has 0 bridgehead atoms. The maximum atomic E-state index is 12.5. The molecule has 2 aromatic rings. The molecular weight excluding hydrogens is 346 g/mol. The highest BCUT2D eigenvalue weighted by Gasteiger charge is 2.13. The number of nitrogens with one attached hydrogen (secondary N) is 2. The first-order valence-electron chi connectivity index (χ1n) is 8.18.